The molecule has 0 saturated heterocycles. The number of aromatic nitrogens is 2. The van der Waals surface area contributed by atoms with Crippen molar-refractivity contribution in [2.75, 3.05) is 0 Å². The van der Waals surface area contributed by atoms with Crippen LogP contribution in [0.4, 0.5) is 0 Å². The van der Waals surface area contributed by atoms with Gasteiger partial charge in [-0.05, 0) is 44.4 Å². The number of ether oxygens (including phenoxy) is 2. The Morgan fingerprint density at radius 1 is 1.33 bits per heavy atom. The van der Waals surface area contributed by atoms with Gasteiger partial charge in [-0.25, -0.2) is 4.98 Å². The van der Waals surface area contributed by atoms with Gasteiger partial charge in [0.1, 0.15) is 17.6 Å². The summed E-state index contributed by atoms with van der Waals surface area (Å²) in [6.45, 7) is 3.96. The number of aromatic amines is 1. The van der Waals surface area contributed by atoms with Crippen LogP contribution in [0.2, 0.25) is 0 Å². The molecule has 2 N–H and O–H groups in total. The first-order valence-electron chi connectivity index (χ1n) is 8.79. The number of benzene rings is 1. The van der Waals surface area contributed by atoms with Gasteiger partial charge in [-0.2, -0.15) is 0 Å². The van der Waals surface area contributed by atoms with Crippen molar-refractivity contribution < 1.29 is 14.6 Å². The predicted molar refractivity (Wildman–Crippen MR) is 101 cm³/mol. The molecule has 6 rings (SSSR count). The fourth-order valence-corrected chi connectivity index (χ4v) is 5.09. The van der Waals surface area contributed by atoms with Crippen LogP contribution in [0.3, 0.4) is 0 Å². The zero-order chi connectivity index (χ0) is 18.8. The second-order valence-corrected chi connectivity index (χ2v) is 8.30. The van der Waals surface area contributed by atoms with Crippen molar-refractivity contribution in [3.05, 3.63) is 61.7 Å². The maximum absolute atomic E-state index is 11.7. The van der Waals surface area contributed by atoms with Gasteiger partial charge in [-0.3, -0.25) is 9.78 Å². The average molecular weight is 382 g/mol. The third kappa shape index (κ3) is 2.45. The van der Waals surface area contributed by atoms with Crippen molar-refractivity contribution in [2.45, 2.75) is 38.2 Å². The zero-order valence-electron chi connectivity index (χ0n) is 14.9. The summed E-state index contributed by atoms with van der Waals surface area (Å²) < 4.78 is 12.0. The fourth-order valence-electron chi connectivity index (χ4n) is 4.13. The predicted octanol–water partition coefficient (Wildman–Crippen LogP) is 3.79. The standard InChI is InChI=1S/C20H18N2O4S/c1-10-5-11(2)18(21-9-10)26-12-3-4-14-15(6-12)25-13-7-20(14,8-13)16-17(23)22-19(24)27-16/h3-6,9,13,23H,7-8H2,1-2H3,(H,22,24). The lowest BCUT2D eigenvalue weighted by Crippen LogP contribution is -2.51. The van der Waals surface area contributed by atoms with E-state index in [2.05, 4.69) is 9.97 Å². The first-order valence-corrected chi connectivity index (χ1v) is 9.61. The maximum Gasteiger partial charge on any atom is 0.307 e. The van der Waals surface area contributed by atoms with E-state index in [1.807, 2.05) is 38.1 Å². The van der Waals surface area contributed by atoms with E-state index in [0.717, 1.165) is 46.6 Å². The summed E-state index contributed by atoms with van der Waals surface area (Å²) in [5.41, 5.74) is 2.68. The molecule has 0 spiro atoms. The van der Waals surface area contributed by atoms with Crippen LogP contribution < -0.4 is 14.3 Å². The Labute approximate surface area is 159 Å². The van der Waals surface area contributed by atoms with Gasteiger partial charge in [0.25, 0.3) is 0 Å². The van der Waals surface area contributed by atoms with Gasteiger partial charge in [0.05, 0.1) is 4.88 Å². The quantitative estimate of drug-likeness (QED) is 0.720. The molecule has 138 valence electrons. The second-order valence-electron chi connectivity index (χ2n) is 7.32. The number of thiazole rings is 1. The maximum atomic E-state index is 11.7. The van der Waals surface area contributed by atoms with Crippen LogP contribution in [0.1, 0.15) is 34.4 Å². The lowest BCUT2D eigenvalue weighted by atomic mass is 9.60. The van der Waals surface area contributed by atoms with Crippen molar-refractivity contribution in [2.24, 2.45) is 0 Å². The molecule has 4 heterocycles. The molecule has 27 heavy (non-hydrogen) atoms. The summed E-state index contributed by atoms with van der Waals surface area (Å²) in [5, 5.41) is 10.2. The molecule has 0 amide bonds. The molecule has 1 saturated carbocycles. The highest BCUT2D eigenvalue weighted by molar-refractivity contribution is 7.09. The Morgan fingerprint density at radius 2 is 2.15 bits per heavy atom. The van der Waals surface area contributed by atoms with Crippen LogP contribution in [0, 0.1) is 13.8 Å². The molecule has 1 aliphatic carbocycles. The smallest absolute Gasteiger partial charge is 0.307 e. The lowest BCUT2D eigenvalue weighted by molar-refractivity contribution is 0.0285. The van der Waals surface area contributed by atoms with Crippen LogP contribution in [0.15, 0.2) is 35.3 Å². The average Bonchev–Trinajstić information content (AvgIpc) is 2.94. The number of nitrogens with one attached hydrogen (secondary N) is 1. The highest BCUT2D eigenvalue weighted by atomic mass is 32.1. The van der Waals surface area contributed by atoms with Gasteiger partial charge in [-0.1, -0.05) is 17.4 Å². The largest absolute Gasteiger partial charge is 0.494 e. The summed E-state index contributed by atoms with van der Waals surface area (Å²) in [6, 6.07) is 7.74. The first kappa shape index (κ1) is 16.4. The van der Waals surface area contributed by atoms with E-state index < -0.39 is 0 Å². The Hall–Kier alpha value is -2.80. The van der Waals surface area contributed by atoms with Gasteiger partial charge in [0, 0.05) is 28.8 Å². The van der Waals surface area contributed by atoms with E-state index in [1.54, 1.807) is 6.20 Å². The number of hydrogen-bond acceptors (Lipinski definition) is 6. The highest BCUT2D eigenvalue weighted by Crippen LogP contribution is 2.59. The summed E-state index contributed by atoms with van der Waals surface area (Å²) in [6.07, 6.45) is 3.39. The lowest BCUT2D eigenvalue weighted by Gasteiger charge is -2.52. The summed E-state index contributed by atoms with van der Waals surface area (Å²) in [5.74, 6) is 1.92. The van der Waals surface area contributed by atoms with E-state index >= 15 is 0 Å². The van der Waals surface area contributed by atoms with Gasteiger partial charge in [-0.15, -0.1) is 0 Å². The highest BCUT2D eigenvalue weighted by Gasteiger charge is 2.55. The molecule has 7 heteroatoms. The van der Waals surface area contributed by atoms with E-state index in [1.165, 1.54) is 0 Å². The minimum atomic E-state index is -0.358. The zero-order valence-corrected chi connectivity index (χ0v) is 15.7. The van der Waals surface area contributed by atoms with E-state index in [9.17, 15) is 9.90 Å². The topological polar surface area (TPSA) is 84.4 Å². The summed E-state index contributed by atoms with van der Waals surface area (Å²) in [7, 11) is 0. The SMILES string of the molecule is Cc1cnc(Oc2ccc3c(c2)OC2CC3(c3sc(=O)[nH]c3O)C2)c(C)c1. The minimum absolute atomic E-state index is 0.0314. The van der Waals surface area contributed by atoms with Crippen molar-refractivity contribution in [3.63, 3.8) is 0 Å². The van der Waals surface area contributed by atoms with Gasteiger partial charge < -0.3 is 14.6 Å². The molecule has 2 aliphatic heterocycles. The number of aryl methyl sites for hydroxylation is 2. The number of pyridine rings is 1. The third-order valence-corrected chi connectivity index (χ3v) is 6.44. The Balaban J connectivity index is 1.53. The van der Waals surface area contributed by atoms with E-state index in [4.69, 9.17) is 9.47 Å². The minimum Gasteiger partial charge on any atom is -0.494 e. The van der Waals surface area contributed by atoms with Gasteiger partial charge >= 0.3 is 4.87 Å². The van der Waals surface area contributed by atoms with Crippen molar-refractivity contribution >= 4 is 11.3 Å². The fraction of sp³-hybridized carbons (Fsp3) is 0.300. The Bertz CT molecular complexity index is 1110. The first-order chi connectivity index (χ1) is 12.9. The van der Waals surface area contributed by atoms with Crippen LogP contribution >= 0.6 is 11.3 Å². The van der Waals surface area contributed by atoms with Gasteiger partial charge in [0.2, 0.25) is 11.8 Å². The normalized spacial score (nSPS) is 22.5. The molecule has 3 aromatic rings. The summed E-state index contributed by atoms with van der Waals surface area (Å²) in [4.78, 5) is 19.0. The molecule has 1 aromatic carbocycles. The number of hydrogen-bond donors (Lipinski definition) is 2. The molecular weight excluding hydrogens is 364 g/mol. The molecule has 2 aromatic heterocycles. The van der Waals surface area contributed by atoms with Crippen LogP contribution in [0.5, 0.6) is 23.3 Å². The Morgan fingerprint density at radius 3 is 2.85 bits per heavy atom. The third-order valence-electron chi connectivity index (χ3n) is 5.36. The van der Waals surface area contributed by atoms with Crippen LogP contribution in [-0.2, 0) is 5.41 Å². The van der Waals surface area contributed by atoms with E-state index in [0.29, 0.717) is 16.5 Å². The number of nitrogens with zero attached hydrogens (tertiary/aromatic N) is 1. The molecule has 0 atom stereocenters. The van der Waals surface area contributed by atoms with Crippen molar-refractivity contribution in [3.8, 4) is 23.3 Å². The molecule has 6 nitrogen and oxygen atoms in total. The molecular formula is C20H18N2O4S. The van der Waals surface area contributed by atoms with Gasteiger partial charge in [0.15, 0.2) is 0 Å². The second kappa shape index (κ2) is 5.60. The molecule has 0 radical (unpaired) electrons. The summed E-state index contributed by atoms with van der Waals surface area (Å²) >= 11 is 1.07. The van der Waals surface area contributed by atoms with E-state index in [-0.39, 0.29) is 22.3 Å². The van der Waals surface area contributed by atoms with Crippen LogP contribution in [0.25, 0.3) is 0 Å². The molecule has 1 fully saturated rings. The van der Waals surface area contributed by atoms with Crippen molar-refractivity contribution in [1.29, 1.82) is 0 Å². The van der Waals surface area contributed by atoms with Crippen molar-refractivity contribution in [1.82, 2.24) is 9.97 Å². The monoisotopic (exact) mass is 382 g/mol. The number of rotatable bonds is 3. The molecule has 2 bridgehead atoms. The van der Waals surface area contributed by atoms with Crippen LogP contribution in [-0.4, -0.2) is 21.2 Å². The molecule has 0 unspecified atom stereocenters. The number of aromatic hydroxyl groups is 1. The Kier molecular flexibility index (Phi) is 3.40. The molecule has 3 aliphatic rings. The number of H-pyrrole nitrogens is 1.